The maximum Gasteiger partial charge on any atom is 0.326 e. The second kappa shape index (κ2) is 9.96. The molecule has 2 aromatic rings. The molecule has 0 aliphatic heterocycles. The number of benzene rings is 2. The van der Waals surface area contributed by atoms with Crippen molar-refractivity contribution >= 4 is 46.7 Å². The fourth-order valence-electron chi connectivity index (χ4n) is 2.14. The summed E-state index contributed by atoms with van der Waals surface area (Å²) in [6.45, 7) is 1.01. The van der Waals surface area contributed by atoms with E-state index in [0.29, 0.717) is 22.0 Å². The van der Waals surface area contributed by atoms with E-state index in [0.717, 1.165) is 0 Å². The van der Waals surface area contributed by atoms with Gasteiger partial charge in [0.25, 0.3) is 11.8 Å². The van der Waals surface area contributed by atoms with Gasteiger partial charge < -0.3 is 20.1 Å². The second-order valence-corrected chi connectivity index (χ2v) is 6.50. The molecule has 0 saturated heterocycles. The second-order valence-electron chi connectivity index (χ2n) is 5.66. The van der Waals surface area contributed by atoms with Gasteiger partial charge in [0.2, 0.25) is 0 Å². The number of nitrogens with one attached hydrogen (secondary N) is 2. The summed E-state index contributed by atoms with van der Waals surface area (Å²) >= 11 is 11.8. The Morgan fingerprint density at radius 1 is 1.11 bits per heavy atom. The van der Waals surface area contributed by atoms with Crippen molar-refractivity contribution in [2.75, 3.05) is 19.0 Å². The van der Waals surface area contributed by atoms with E-state index in [2.05, 4.69) is 10.6 Å². The van der Waals surface area contributed by atoms with Gasteiger partial charge in [-0.05, 0) is 43.3 Å². The third-order valence-electron chi connectivity index (χ3n) is 3.59. The van der Waals surface area contributed by atoms with E-state index in [4.69, 9.17) is 32.7 Å². The van der Waals surface area contributed by atoms with Crippen molar-refractivity contribution in [3.63, 3.8) is 0 Å². The van der Waals surface area contributed by atoms with Gasteiger partial charge in [-0.15, -0.1) is 0 Å². The monoisotopic (exact) mass is 424 g/mol. The van der Waals surface area contributed by atoms with Crippen molar-refractivity contribution in [1.82, 2.24) is 5.32 Å². The summed E-state index contributed by atoms with van der Waals surface area (Å²) in [5, 5.41) is 5.64. The van der Waals surface area contributed by atoms with Crippen LogP contribution in [-0.4, -0.2) is 37.5 Å². The maximum absolute atomic E-state index is 12.1. The maximum atomic E-state index is 12.1. The number of hydrogen-bond acceptors (Lipinski definition) is 5. The lowest BCUT2D eigenvalue weighted by Gasteiger charge is -2.14. The molecule has 0 aliphatic carbocycles. The Balaban J connectivity index is 1.84. The van der Waals surface area contributed by atoms with Crippen molar-refractivity contribution in [3.8, 4) is 5.75 Å². The average molecular weight is 425 g/mol. The van der Waals surface area contributed by atoms with E-state index in [1.807, 2.05) is 0 Å². The van der Waals surface area contributed by atoms with Crippen molar-refractivity contribution in [3.05, 3.63) is 58.1 Å². The quantitative estimate of drug-likeness (QED) is 0.664. The standard InChI is InChI=1S/C19H18Cl2N2O5/c1-11(18(25)23-16-7-6-13(20)9-15(16)21)28-17(24)10-22-19(26)12-4-3-5-14(8-12)27-2/h3-9,11H,10H2,1-2H3,(H,22,26)(H,23,25). The fourth-order valence-corrected chi connectivity index (χ4v) is 2.59. The lowest BCUT2D eigenvalue weighted by Crippen LogP contribution is -2.35. The first-order valence-electron chi connectivity index (χ1n) is 8.18. The van der Waals surface area contributed by atoms with Gasteiger partial charge in [0.1, 0.15) is 12.3 Å². The highest BCUT2D eigenvalue weighted by Crippen LogP contribution is 2.25. The molecule has 0 spiro atoms. The van der Waals surface area contributed by atoms with Gasteiger partial charge in [0.05, 0.1) is 17.8 Å². The molecular formula is C19H18Cl2N2O5. The van der Waals surface area contributed by atoms with E-state index in [1.165, 1.54) is 32.2 Å². The molecule has 1 atom stereocenters. The SMILES string of the molecule is COc1cccc(C(=O)NCC(=O)OC(C)C(=O)Nc2ccc(Cl)cc2Cl)c1. The van der Waals surface area contributed by atoms with E-state index >= 15 is 0 Å². The molecule has 28 heavy (non-hydrogen) atoms. The molecule has 0 saturated carbocycles. The summed E-state index contributed by atoms with van der Waals surface area (Å²) in [5.41, 5.74) is 0.667. The Kier molecular flexibility index (Phi) is 7.66. The molecule has 0 bridgehead atoms. The third kappa shape index (κ3) is 6.14. The minimum absolute atomic E-state index is 0.255. The molecule has 0 radical (unpaired) electrons. The lowest BCUT2D eigenvalue weighted by atomic mass is 10.2. The summed E-state index contributed by atoms with van der Waals surface area (Å²) in [5.74, 6) is -1.29. The van der Waals surface area contributed by atoms with Gasteiger partial charge in [0.15, 0.2) is 6.10 Å². The number of halogens is 2. The van der Waals surface area contributed by atoms with Crippen LogP contribution in [0.5, 0.6) is 5.75 Å². The largest absolute Gasteiger partial charge is 0.497 e. The molecule has 2 amide bonds. The van der Waals surface area contributed by atoms with Gasteiger partial charge in [-0.25, -0.2) is 0 Å². The van der Waals surface area contributed by atoms with Crippen molar-refractivity contribution in [2.24, 2.45) is 0 Å². The molecule has 2 rings (SSSR count). The Morgan fingerprint density at radius 3 is 2.54 bits per heavy atom. The number of rotatable bonds is 7. The Hall–Kier alpha value is -2.77. The highest BCUT2D eigenvalue weighted by Gasteiger charge is 2.19. The summed E-state index contributed by atoms with van der Waals surface area (Å²) in [6, 6.07) is 11.0. The molecule has 7 nitrogen and oxygen atoms in total. The molecule has 2 aromatic carbocycles. The zero-order valence-corrected chi connectivity index (χ0v) is 16.6. The Bertz CT molecular complexity index is 888. The highest BCUT2D eigenvalue weighted by atomic mass is 35.5. The van der Waals surface area contributed by atoms with Crippen LogP contribution in [0.25, 0.3) is 0 Å². The lowest BCUT2D eigenvalue weighted by molar-refractivity contribution is -0.152. The molecule has 0 heterocycles. The van der Waals surface area contributed by atoms with Crippen LogP contribution in [-0.2, 0) is 14.3 Å². The molecule has 2 N–H and O–H groups in total. The third-order valence-corrected chi connectivity index (χ3v) is 4.14. The average Bonchev–Trinajstić information content (AvgIpc) is 2.68. The number of amides is 2. The van der Waals surface area contributed by atoms with Crippen molar-refractivity contribution in [1.29, 1.82) is 0 Å². The zero-order valence-electron chi connectivity index (χ0n) is 15.1. The topological polar surface area (TPSA) is 93.7 Å². The number of carbonyl (C=O) groups excluding carboxylic acids is 3. The predicted molar refractivity (Wildman–Crippen MR) is 106 cm³/mol. The van der Waals surface area contributed by atoms with E-state index in [9.17, 15) is 14.4 Å². The number of esters is 1. The summed E-state index contributed by atoms with van der Waals surface area (Å²) < 4.78 is 10.1. The van der Waals surface area contributed by atoms with Crippen molar-refractivity contribution in [2.45, 2.75) is 13.0 Å². The van der Waals surface area contributed by atoms with Crippen LogP contribution in [0.2, 0.25) is 10.0 Å². The van der Waals surface area contributed by atoms with Crippen LogP contribution >= 0.6 is 23.2 Å². The molecule has 9 heteroatoms. The molecule has 0 fully saturated rings. The predicted octanol–water partition coefficient (Wildman–Crippen LogP) is 3.30. The van der Waals surface area contributed by atoms with Gasteiger partial charge in [-0.1, -0.05) is 29.3 Å². The summed E-state index contributed by atoms with van der Waals surface area (Å²) in [6.07, 6.45) is -1.09. The fraction of sp³-hybridized carbons (Fsp3) is 0.211. The van der Waals surface area contributed by atoms with E-state index in [1.54, 1.807) is 24.3 Å². The van der Waals surface area contributed by atoms with Gasteiger partial charge >= 0.3 is 5.97 Å². The van der Waals surface area contributed by atoms with Crippen LogP contribution in [0.15, 0.2) is 42.5 Å². The van der Waals surface area contributed by atoms with E-state index in [-0.39, 0.29) is 5.02 Å². The molecular weight excluding hydrogens is 407 g/mol. The van der Waals surface area contributed by atoms with Crippen LogP contribution < -0.4 is 15.4 Å². The van der Waals surface area contributed by atoms with Crippen LogP contribution in [0.4, 0.5) is 5.69 Å². The summed E-state index contributed by atoms with van der Waals surface area (Å²) in [7, 11) is 1.48. The smallest absolute Gasteiger partial charge is 0.326 e. The number of hydrogen-bond donors (Lipinski definition) is 2. The van der Waals surface area contributed by atoms with Crippen LogP contribution in [0, 0.1) is 0 Å². The number of ether oxygens (including phenoxy) is 2. The van der Waals surface area contributed by atoms with Gasteiger partial charge in [-0.3, -0.25) is 14.4 Å². The zero-order chi connectivity index (χ0) is 20.7. The normalized spacial score (nSPS) is 11.3. The number of anilines is 1. The Labute approximate surface area is 171 Å². The molecule has 0 aliphatic rings. The van der Waals surface area contributed by atoms with Crippen LogP contribution in [0.1, 0.15) is 17.3 Å². The minimum Gasteiger partial charge on any atom is -0.497 e. The first kappa shape index (κ1) is 21.5. The number of methoxy groups -OCH3 is 1. The van der Waals surface area contributed by atoms with Gasteiger partial charge in [0, 0.05) is 10.6 Å². The first-order chi connectivity index (χ1) is 13.3. The van der Waals surface area contributed by atoms with Gasteiger partial charge in [-0.2, -0.15) is 0 Å². The minimum atomic E-state index is -1.09. The Morgan fingerprint density at radius 2 is 1.86 bits per heavy atom. The highest BCUT2D eigenvalue weighted by molar-refractivity contribution is 6.36. The molecule has 1 unspecified atom stereocenters. The molecule has 0 aromatic heterocycles. The number of carbonyl (C=O) groups is 3. The van der Waals surface area contributed by atoms with Crippen LogP contribution in [0.3, 0.4) is 0 Å². The van der Waals surface area contributed by atoms with E-state index < -0.39 is 30.4 Å². The summed E-state index contributed by atoms with van der Waals surface area (Å²) in [4.78, 5) is 36.1. The van der Waals surface area contributed by atoms with Crippen molar-refractivity contribution < 1.29 is 23.9 Å². The molecule has 148 valence electrons. The first-order valence-corrected chi connectivity index (χ1v) is 8.93.